The van der Waals surface area contributed by atoms with Gasteiger partial charge in [0.15, 0.2) is 0 Å². The molecule has 0 aliphatic carbocycles. The minimum Gasteiger partial charge on any atom is -0.453 e. The van der Waals surface area contributed by atoms with Crippen LogP contribution in [0.3, 0.4) is 0 Å². The molecule has 0 spiro atoms. The molecule has 0 saturated carbocycles. The van der Waals surface area contributed by atoms with Crippen molar-refractivity contribution in [2.75, 3.05) is 33.3 Å². The minimum atomic E-state index is -0.823. The average Bonchev–Trinajstić information content (AvgIpc) is 4.16. The van der Waals surface area contributed by atoms with Gasteiger partial charge in [-0.15, -0.1) is 0 Å². The normalized spacial score (nSPS) is 18.6. The average molecular weight is 822 g/mol. The Morgan fingerprint density at radius 2 is 1.48 bits per heavy atom. The fourth-order valence-corrected chi connectivity index (χ4v) is 9.16. The van der Waals surface area contributed by atoms with Crippen molar-refractivity contribution in [2.45, 2.75) is 76.5 Å². The zero-order chi connectivity index (χ0) is 42.5. The number of rotatable bonds is 14. The van der Waals surface area contributed by atoms with Crippen LogP contribution < -0.4 is 5.32 Å². The number of likely N-dealkylation sites (N-methyl/N-ethyl adjacent to an activating group) is 1. The standard InChI is InChI=1S/C48H55N9O4/c1-5-55(6-2)44(36-12-8-7-9-13-36)47(59)56-24-10-14-42(56)39-26-37(28-49-39)34-18-16-32(17-19-34)33-20-22-35(23-21-33)41-29-50-45(52-41)43-15-11-25-57(43)46(58)40(53-48(60)61-4)27-38-30-54(3)31-51-38/h7-9,12-13,16-23,28-31,40,42-44H,5-6,10-11,14-15,24-27H2,1-4H3,(H,50,52)(H,53,60)/t40-,42-,43-,44+/m0/s1. The number of aryl methyl sites for hydroxylation is 1. The van der Waals surface area contributed by atoms with Gasteiger partial charge in [-0.25, -0.2) is 14.8 Å². The molecular weight excluding hydrogens is 767 g/mol. The number of carbonyl (C=O) groups is 3. The van der Waals surface area contributed by atoms with Crippen molar-refractivity contribution in [3.63, 3.8) is 0 Å². The van der Waals surface area contributed by atoms with Gasteiger partial charge in [-0.2, -0.15) is 0 Å². The largest absolute Gasteiger partial charge is 0.453 e. The monoisotopic (exact) mass is 821 g/mol. The van der Waals surface area contributed by atoms with Crippen molar-refractivity contribution >= 4 is 29.2 Å². The molecule has 3 aliphatic heterocycles. The number of benzene rings is 3. The number of amides is 3. The molecule has 8 rings (SSSR count). The van der Waals surface area contributed by atoms with E-state index >= 15 is 0 Å². The predicted octanol–water partition coefficient (Wildman–Crippen LogP) is 7.37. The van der Waals surface area contributed by atoms with Crippen molar-refractivity contribution in [3.8, 4) is 22.4 Å². The second-order valence-corrected chi connectivity index (χ2v) is 16.1. The van der Waals surface area contributed by atoms with Crippen LogP contribution in [0.1, 0.15) is 80.7 Å². The Kier molecular flexibility index (Phi) is 12.6. The van der Waals surface area contributed by atoms with E-state index in [-0.39, 0.29) is 36.4 Å². The molecule has 2 fully saturated rings. The molecule has 0 radical (unpaired) electrons. The summed E-state index contributed by atoms with van der Waals surface area (Å²) in [7, 11) is 3.15. The van der Waals surface area contributed by atoms with E-state index in [1.807, 2.05) is 48.4 Å². The summed E-state index contributed by atoms with van der Waals surface area (Å²) >= 11 is 0. The maximum atomic E-state index is 14.3. The Hall–Kier alpha value is -6.34. The molecular formula is C48H55N9O4. The number of aliphatic imine (C=N–C) groups is 1. The van der Waals surface area contributed by atoms with Crippen LogP contribution in [0.15, 0.2) is 109 Å². The van der Waals surface area contributed by atoms with E-state index in [1.54, 1.807) is 11.2 Å². The third-order valence-electron chi connectivity index (χ3n) is 12.4. The quantitative estimate of drug-likeness (QED) is 0.119. The summed E-state index contributed by atoms with van der Waals surface area (Å²) in [5, 5.41) is 2.72. The highest BCUT2D eigenvalue weighted by Gasteiger charge is 2.39. The van der Waals surface area contributed by atoms with Crippen molar-refractivity contribution in [3.05, 3.63) is 126 Å². The Morgan fingerprint density at radius 3 is 2.11 bits per heavy atom. The number of nitrogens with zero attached hydrogens (tertiary/aromatic N) is 7. The van der Waals surface area contributed by atoms with Crippen molar-refractivity contribution in [1.29, 1.82) is 0 Å². The third kappa shape index (κ3) is 8.93. The molecule has 13 heteroatoms. The Bertz CT molecular complexity index is 2380. The van der Waals surface area contributed by atoms with Crippen LogP contribution in [-0.4, -0.2) is 103 Å². The fraction of sp³-hybridized carbons (Fsp3) is 0.375. The van der Waals surface area contributed by atoms with Crippen molar-refractivity contribution < 1.29 is 19.1 Å². The third-order valence-corrected chi connectivity index (χ3v) is 12.4. The van der Waals surface area contributed by atoms with Gasteiger partial charge in [0.25, 0.3) is 0 Å². The number of nitrogens with one attached hydrogen (secondary N) is 2. The molecule has 2 saturated heterocycles. The number of aromatic nitrogens is 4. The van der Waals surface area contributed by atoms with E-state index in [2.05, 4.69) is 99.6 Å². The van der Waals surface area contributed by atoms with Crippen molar-refractivity contribution in [2.24, 2.45) is 12.0 Å². The number of methoxy groups -OCH3 is 1. The second kappa shape index (κ2) is 18.5. The van der Waals surface area contributed by atoms with Gasteiger partial charge in [0.05, 0.1) is 43.1 Å². The van der Waals surface area contributed by atoms with E-state index in [4.69, 9.17) is 14.7 Å². The molecule has 2 N–H and O–H groups in total. The molecule has 5 heterocycles. The maximum absolute atomic E-state index is 14.3. The van der Waals surface area contributed by atoms with E-state index in [1.165, 1.54) is 12.7 Å². The van der Waals surface area contributed by atoms with Gasteiger partial charge in [-0.1, -0.05) is 92.7 Å². The predicted molar refractivity (Wildman–Crippen MR) is 236 cm³/mol. The Balaban J connectivity index is 0.896. The zero-order valence-corrected chi connectivity index (χ0v) is 35.5. The van der Waals surface area contributed by atoms with E-state index in [0.29, 0.717) is 18.1 Å². The lowest BCUT2D eigenvalue weighted by Crippen LogP contribution is -2.49. The lowest BCUT2D eigenvalue weighted by atomic mass is 9.96. The number of aromatic amines is 1. The van der Waals surface area contributed by atoms with Gasteiger partial charge in [0.1, 0.15) is 17.9 Å². The lowest BCUT2D eigenvalue weighted by molar-refractivity contribution is -0.137. The van der Waals surface area contributed by atoms with Crippen LogP contribution in [0.4, 0.5) is 4.79 Å². The zero-order valence-electron chi connectivity index (χ0n) is 35.5. The summed E-state index contributed by atoms with van der Waals surface area (Å²) in [6.45, 7) is 7.17. The highest BCUT2D eigenvalue weighted by molar-refractivity contribution is 6.03. The molecule has 5 aromatic rings. The van der Waals surface area contributed by atoms with Crippen LogP contribution in [0, 0.1) is 0 Å². The summed E-state index contributed by atoms with van der Waals surface area (Å²) in [6.07, 6.45) is 11.1. The van der Waals surface area contributed by atoms with Crippen LogP contribution in [0.5, 0.6) is 0 Å². The molecule has 3 amide bonds. The number of imidazole rings is 2. The molecule has 61 heavy (non-hydrogen) atoms. The fourth-order valence-electron chi connectivity index (χ4n) is 9.16. The van der Waals surface area contributed by atoms with Crippen LogP contribution in [-0.2, 0) is 27.8 Å². The van der Waals surface area contributed by atoms with Crippen molar-refractivity contribution in [1.82, 2.24) is 39.5 Å². The molecule has 3 aromatic carbocycles. The van der Waals surface area contributed by atoms with Gasteiger partial charge < -0.3 is 29.4 Å². The van der Waals surface area contributed by atoms with Gasteiger partial charge in [0, 0.05) is 51.1 Å². The summed E-state index contributed by atoms with van der Waals surface area (Å²) in [6, 6.07) is 25.8. The van der Waals surface area contributed by atoms with E-state index in [9.17, 15) is 14.4 Å². The number of likely N-dealkylation sites (tertiary alicyclic amines) is 2. The summed E-state index contributed by atoms with van der Waals surface area (Å²) in [4.78, 5) is 64.0. The number of hydrogen-bond acceptors (Lipinski definition) is 8. The molecule has 0 unspecified atom stereocenters. The topological polar surface area (TPSA) is 141 Å². The first-order valence-corrected chi connectivity index (χ1v) is 21.5. The van der Waals surface area contributed by atoms with E-state index in [0.717, 1.165) is 91.0 Å². The van der Waals surface area contributed by atoms with Gasteiger partial charge in [-0.3, -0.25) is 19.5 Å². The van der Waals surface area contributed by atoms with Crippen LogP contribution >= 0.6 is 0 Å². The van der Waals surface area contributed by atoms with E-state index < -0.39 is 12.1 Å². The van der Waals surface area contributed by atoms with Crippen LogP contribution in [0.25, 0.3) is 28.0 Å². The number of ether oxygens (including phenoxy) is 1. The maximum Gasteiger partial charge on any atom is 0.407 e. The number of alkyl carbamates (subject to hydrolysis) is 1. The first kappa shape index (κ1) is 41.4. The summed E-state index contributed by atoms with van der Waals surface area (Å²) in [5.74, 6) is 0.688. The molecule has 0 bridgehead atoms. The van der Waals surface area contributed by atoms with Gasteiger partial charge >= 0.3 is 6.09 Å². The number of H-pyrrole nitrogens is 1. The highest BCUT2D eigenvalue weighted by Crippen LogP contribution is 2.35. The molecule has 316 valence electrons. The van der Waals surface area contributed by atoms with Gasteiger partial charge in [0.2, 0.25) is 11.8 Å². The number of carbonyl (C=O) groups excluding carboxylic acids is 3. The highest BCUT2D eigenvalue weighted by atomic mass is 16.5. The lowest BCUT2D eigenvalue weighted by Gasteiger charge is -2.35. The first-order chi connectivity index (χ1) is 29.7. The molecule has 4 atom stereocenters. The van der Waals surface area contributed by atoms with Gasteiger partial charge in [-0.05, 0) is 72.2 Å². The minimum absolute atomic E-state index is 0.0109. The second-order valence-electron chi connectivity index (χ2n) is 16.1. The summed E-state index contributed by atoms with van der Waals surface area (Å²) < 4.78 is 6.65. The number of hydrogen-bond donors (Lipinski definition) is 2. The van der Waals surface area contributed by atoms with Crippen LogP contribution in [0.2, 0.25) is 0 Å². The number of allylic oxidation sites excluding steroid dienone is 1. The Labute approximate surface area is 357 Å². The Morgan fingerprint density at radius 1 is 0.836 bits per heavy atom. The first-order valence-electron chi connectivity index (χ1n) is 21.5. The molecule has 2 aromatic heterocycles. The SMILES string of the molecule is CCN(CC)[C@@H](C(=O)N1CCC[C@H]1C1=NC=C(c2ccc(-c3ccc(-c4cnc([C@@H]5CCCN5C(=O)[C@H](Cc5cn(C)cn5)NC(=O)OC)[nH]4)cc3)cc2)C1)c1ccccc1. The summed E-state index contributed by atoms with van der Waals surface area (Å²) in [5.41, 5.74) is 9.17. The molecule has 13 nitrogen and oxygen atoms in total. The smallest absolute Gasteiger partial charge is 0.407 e. The molecule has 3 aliphatic rings.